The number of amides is 1. The Balaban J connectivity index is 1.67. The highest BCUT2D eigenvalue weighted by Gasteiger charge is 2.44. The average molecular weight is 355 g/mol. The number of hydrogen-bond donors (Lipinski definition) is 1. The number of aliphatic hydroxyl groups is 1. The zero-order valence-electron chi connectivity index (χ0n) is 13.4. The second-order valence-corrected chi connectivity index (χ2v) is 8.20. The van der Waals surface area contributed by atoms with E-state index in [4.69, 9.17) is 4.74 Å². The van der Waals surface area contributed by atoms with E-state index in [1.165, 1.54) is 24.3 Å². The Labute approximate surface area is 143 Å². The third-order valence-corrected chi connectivity index (χ3v) is 6.71. The van der Waals surface area contributed by atoms with Crippen LogP contribution >= 0.6 is 0 Å². The molecule has 1 aromatic carbocycles. The van der Waals surface area contributed by atoms with Crippen molar-refractivity contribution in [3.05, 3.63) is 30.1 Å². The van der Waals surface area contributed by atoms with E-state index in [2.05, 4.69) is 0 Å². The van der Waals surface area contributed by atoms with E-state index in [-0.39, 0.29) is 23.6 Å². The summed E-state index contributed by atoms with van der Waals surface area (Å²) in [6, 6.07) is 5.66. The first kappa shape index (κ1) is 17.5. The lowest BCUT2D eigenvalue weighted by Gasteiger charge is -2.37. The fourth-order valence-electron chi connectivity index (χ4n) is 3.39. The molecule has 2 saturated heterocycles. The lowest BCUT2D eigenvalue weighted by atomic mass is 9.79. The highest BCUT2D eigenvalue weighted by molar-refractivity contribution is 7.85. The fourth-order valence-corrected chi connectivity index (χ4v) is 4.81. The molecule has 0 aromatic heterocycles. The zero-order chi connectivity index (χ0) is 17.2. The molecular weight excluding hydrogens is 333 g/mol. The summed E-state index contributed by atoms with van der Waals surface area (Å²) in [5, 5.41) is 9.60. The molecule has 1 N–H and O–H groups in total. The molecule has 2 aliphatic heterocycles. The monoisotopic (exact) mass is 355 g/mol. The molecule has 2 heterocycles. The molecular formula is C17H22FNO4S. The molecule has 1 unspecified atom stereocenters. The molecule has 7 heteroatoms. The Bertz CT molecular complexity index is 616. The number of rotatable bonds is 4. The van der Waals surface area contributed by atoms with Crippen molar-refractivity contribution in [2.75, 3.05) is 32.9 Å². The highest BCUT2D eigenvalue weighted by Crippen LogP contribution is 2.34. The Morgan fingerprint density at radius 3 is 2.62 bits per heavy atom. The fraction of sp³-hybridized carbons (Fsp3) is 0.588. The molecule has 0 spiro atoms. The van der Waals surface area contributed by atoms with Gasteiger partial charge in [0.15, 0.2) is 0 Å². The summed E-state index contributed by atoms with van der Waals surface area (Å²) in [4.78, 5) is 15.2. The summed E-state index contributed by atoms with van der Waals surface area (Å²) < 4.78 is 30.9. The smallest absolute Gasteiger partial charge is 0.231 e. The van der Waals surface area contributed by atoms with E-state index < -0.39 is 16.2 Å². The molecule has 24 heavy (non-hydrogen) atoms. The summed E-state index contributed by atoms with van der Waals surface area (Å²) >= 11 is 0. The molecule has 2 atom stereocenters. The van der Waals surface area contributed by atoms with Gasteiger partial charge in [0, 0.05) is 31.2 Å². The first-order chi connectivity index (χ1) is 11.6. The first-order valence-corrected chi connectivity index (χ1v) is 9.41. The van der Waals surface area contributed by atoms with E-state index in [9.17, 15) is 18.5 Å². The Morgan fingerprint density at radius 2 is 2.00 bits per heavy atom. The molecule has 2 fully saturated rings. The van der Waals surface area contributed by atoms with Crippen LogP contribution in [0, 0.1) is 11.2 Å². The lowest BCUT2D eigenvalue weighted by molar-refractivity contribution is -0.150. The predicted molar refractivity (Wildman–Crippen MR) is 87.4 cm³/mol. The SMILES string of the molecule is O=C(N1CC[C@H](S(=O)c2ccc(F)cc2)C1)C1(CO)CCOCC1. The van der Waals surface area contributed by atoms with Crippen LogP contribution in [0.4, 0.5) is 4.39 Å². The van der Waals surface area contributed by atoms with Crippen LogP contribution in [0.3, 0.4) is 0 Å². The van der Waals surface area contributed by atoms with Gasteiger partial charge in [-0.2, -0.15) is 0 Å². The van der Waals surface area contributed by atoms with E-state index in [1.807, 2.05) is 0 Å². The number of ether oxygens (including phenoxy) is 1. The van der Waals surface area contributed by atoms with Crippen molar-refractivity contribution in [1.82, 2.24) is 4.90 Å². The van der Waals surface area contributed by atoms with Crippen molar-refractivity contribution in [2.24, 2.45) is 5.41 Å². The van der Waals surface area contributed by atoms with Gasteiger partial charge in [0.05, 0.1) is 28.1 Å². The minimum atomic E-state index is -1.27. The number of aliphatic hydroxyl groups excluding tert-OH is 1. The summed E-state index contributed by atoms with van der Waals surface area (Å²) in [5.41, 5.74) is -0.759. The number of benzene rings is 1. The van der Waals surface area contributed by atoms with Crippen LogP contribution in [0.25, 0.3) is 0 Å². The maximum atomic E-state index is 13.0. The second-order valence-electron chi connectivity index (χ2n) is 6.46. The van der Waals surface area contributed by atoms with E-state index in [0.717, 1.165) is 0 Å². The summed E-state index contributed by atoms with van der Waals surface area (Å²) in [5.74, 6) is -0.421. The van der Waals surface area contributed by atoms with Gasteiger partial charge in [0.1, 0.15) is 5.82 Å². The van der Waals surface area contributed by atoms with E-state index in [1.54, 1.807) is 4.90 Å². The molecule has 132 valence electrons. The average Bonchev–Trinajstić information content (AvgIpc) is 3.11. The van der Waals surface area contributed by atoms with Crippen molar-refractivity contribution >= 4 is 16.7 Å². The van der Waals surface area contributed by atoms with Gasteiger partial charge in [-0.25, -0.2) is 4.39 Å². The molecule has 3 rings (SSSR count). The summed E-state index contributed by atoms with van der Waals surface area (Å²) in [7, 11) is -1.27. The van der Waals surface area contributed by atoms with Crippen LogP contribution in [0.15, 0.2) is 29.2 Å². The third kappa shape index (κ3) is 3.38. The quantitative estimate of drug-likeness (QED) is 0.885. The van der Waals surface area contributed by atoms with Gasteiger partial charge in [-0.1, -0.05) is 0 Å². The summed E-state index contributed by atoms with van der Waals surface area (Å²) in [6.07, 6.45) is 1.68. The normalized spacial score (nSPS) is 24.8. The van der Waals surface area contributed by atoms with Crippen LogP contribution in [-0.2, 0) is 20.3 Å². The largest absolute Gasteiger partial charge is 0.395 e. The van der Waals surface area contributed by atoms with Gasteiger partial charge in [0.2, 0.25) is 5.91 Å². The van der Waals surface area contributed by atoms with Crippen LogP contribution in [0.5, 0.6) is 0 Å². The van der Waals surface area contributed by atoms with Crippen molar-refractivity contribution < 1.29 is 23.2 Å². The number of nitrogens with zero attached hydrogens (tertiary/aromatic N) is 1. The Kier molecular flexibility index (Phi) is 5.32. The number of carbonyl (C=O) groups excluding carboxylic acids is 1. The molecule has 0 saturated carbocycles. The maximum Gasteiger partial charge on any atom is 0.231 e. The molecule has 2 aliphatic rings. The maximum absolute atomic E-state index is 13.0. The van der Waals surface area contributed by atoms with Gasteiger partial charge in [-0.15, -0.1) is 0 Å². The molecule has 0 aliphatic carbocycles. The van der Waals surface area contributed by atoms with Crippen molar-refractivity contribution in [1.29, 1.82) is 0 Å². The zero-order valence-corrected chi connectivity index (χ0v) is 14.3. The summed E-state index contributed by atoms with van der Waals surface area (Å²) in [6.45, 7) is 1.72. The molecule has 0 radical (unpaired) electrons. The van der Waals surface area contributed by atoms with Crippen molar-refractivity contribution in [2.45, 2.75) is 29.4 Å². The second kappa shape index (κ2) is 7.29. The van der Waals surface area contributed by atoms with E-state index >= 15 is 0 Å². The molecule has 0 bridgehead atoms. The first-order valence-electron chi connectivity index (χ1n) is 8.20. The van der Waals surface area contributed by atoms with Gasteiger partial charge in [-0.05, 0) is 43.5 Å². The van der Waals surface area contributed by atoms with Crippen LogP contribution < -0.4 is 0 Å². The molecule has 5 nitrogen and oxygen atoms in total. The van der Waals surface area contributed by atoms with Gasteiger partial charge >= 0.3 is 0 Å². The minimum absolute atomic E-state index is 0.0630. The van der Waals surface area contributed by atoms with Gasteiger partial charge < -0.3 is 14.7 Å². The number of hydrogen-bond acceptors (Lipinski definition) is 4. The van der Waals surface area contributed by atoms with Crippen molar-refractivity contribution in [3.63, 3.8) is 0 Å². The lowest BCUT2D eigenvalue weighted by Crippen LogP contribution is -2.48. The Hall–Kier alpha value is -1.31. The van der Waals surface area contributed by atoms with Crippen LogP contribution in [0.1, 0.15) is 19.3 Å². The predicted octanol–water partition coefficient (Wildman–Crippen LogP) is 1.32. The minimum Gasteiger partial charge on any atom is -0.395 e. The highest BCUT2D eigenvalue weighted by atomic mass is 32.2. The number of halogens is 1. The van der Waals surface area contributed by atoms with Gasteiger partial charge in [0.25, 0.3) is 0 Å². The van der Waals surface area contributed by atoms with Crippen LogP contribution in [0.2, 0.25) is 0 Å². The third-order valence-electron chi connectivity index (χ3n) is 4.99. The Morgan fingerprint density at radius 1 is 1.33 bits per heavy atom. The molecule has 1 aromatic rings. The van der Waals surface area contributed by atoms with E-state index in [0.29, 0.717) is 50.5 Å². The van der Waals surface area contributed by atoms with Crippen LogP contribution in [-0.4, -0.2) is 58.3 Å². The standard InChI is InChI=1S/C17H22FNO4S/c18-13-1-3-14(4-2-13)24(22)15-5-8-19(11-15)16(21)17(12-20)6-9-23-10-7-17/h1-4,15,20H,5-12H2/t15-,24?/m0/s1. The van der Waals surface area contributed by atoms with Gasteiger partial charge in [-0.3, -0.25) is 9.00 Å². The van der Waals surface area contributed by atoms with Crippen molar-refractivity contribution in [3.8, 4) is 0 Å². The number of likely N-dealkylation sites (tertiary alicyclic amines) is 1. The molecule has 1 amide bonds. The topological polar surface area (TPSA) is 66.8 Å². The number of carbonyl (C=O) groups is 1.